The lowest BCUT2D eigenvalue weighted by Crippen LogP contribution is -2.28. The topological polar surface area (TPSA) is 105 Å². The molecule has 7 nitrogen and oxygen atoms in total. The number of hydrogen-bond donors (Lipinski definition) is 3. The standard InChI is InChI=1S/C21H23F3N2O5S/c1-31-18-12-15(25-20(28)13-5-8-17(27)9-6-13)7-10-19(18)32(29,30)26-16-4-2-3-14(11-16)21(22,23)24/h2-4,7,10-13,17,26-27H,5-6,8-9H2,1H3,(H,25,28). The molecule has 1 amide bonds. The minimum absolute atomic E-state index is 0.0821. The Kier molecular flexibility index (Phi) is 6.99. The number of alkyl halides is 3. The van der Waals surface area contributed by atoms with Gasteiger partial charge in [0.15, 0.2) is 0 Å². The summed E-state index contributed by atoms with van der Waals surface area (Å²) in [6, 6.07) is 7.74. The Morgan fingerprint density at radius 2 is 1.75 bits per heavy atom. The Morgan fingerprint density at radius 1 is 1.06 bits per heavy atom. The summed E-state index contributed by atoms with van der Waals surface area (Å²) in [6.07, 6.45) is -2.82. The second kappa shape index (κ2) is 9.37. The molecule has 2 aromatic rings. The molecule has 11 heteroatoms. The summed E-state index contributed by atoms with van der Waals surface area (Å²) in [7, 11) is -3.03. The first-order chi connectivity index (χ1) is 15.0. The van der Waals surface area contributed by atoms with E-state index < -0.39 is 27.9 Å². The molecule has 1 aliphatic rings. The molecule has 0 saturated heterocycles. The minimum atomic E-state index is -4.62. The molecule has 0 aliphatic heterocycles. The number of carbonyl (C=O) groups excluding carboxylic acids is 1. The van der Waals surface area contributed by atoms with E-state index in [4.69, 9.17) is 4.74 Å². The summed E-state index contributed by atoms with van der Waals surface area (Å²) in [5, 5.41) is 12.3. The van der Waals surface area contributed by atoms with Gasteiger partial charge in [-0.05, 0) is 56.0 Å². The van der Waals surface area contributed by atoms with E-state index in [1.807, 2.05) is 0 Å². The van der Waals surface area contributed by atoms with Crippen LogP contribution in [0.4, 0.5) is 24.5 Å². The van der Waals surface area contributed by atoms with Gasteiger partial charge in [-0.1, -0.05) is 6.07 Å². The second-order valence-electron chi connectivity index (χ2n) is 7.54. The fraction of sp³-hybridized carbons (Fsp3) is 0.381. The summed E-state index contributed by atoms with van der Waals surface area (Å²) in [5.74, 6) is -0.576. The Bertz CT molecular complexity index is 1080. The quantitative estimate of drug-likeness (QED) is 0.590. The molecule has 0 radical (unpaired) electrons. The van der Waals surface area contributed by atoms with Gasteiger partial charge < -0.3 is 15.2 Å². The average Bonchev–Trinajstić information content (AvgIpc) is 2.73. The van der Waals surface area contributed by atoms with Gasteiger partial charge in [-0.2, -0.15) is 13.2 Å². The highest BCUT2D eigenvalue weighted by molar-refractivity contribution is 7.92. The maximum absolute atomic E-state index is 12.9. The van der Waals surface area contributed by atoms with E-state index in [0.717, 1.165) is 12.1 Å². The first kappa shape index (κ1) is 23.9. The average molecular weight is 472 g/mol. The molecule has 0 atom stereocenters. The largest absolute Gasteiger partial charge is 0.495 e. The van der Waals surface area contributed by atoms with E-state index in [2.05, 4.69) is 10.0 Å². The van der Waals surface area contributed by atoms with E-state index in [-0.39, 0.29) is 28.2 Å². The molecule has 0 aromatic heterocycles. The van der Waals surface area contributed by atoms with Crippen LogP contribution in [0.5, 0.6) is 5.75 Å². The summed E-state index contributed by atoms with van der Waals surface area (Å²) in [4.78, 5) is 12.2. The Labute approximate surface area is 183 Å². The maximum Gasteiger partial charge on any atom is 0.416 e. The SMILES string of the molecule is COc1cc(NC(=O)C2CCC(O)CC2)ccc1S(=O)(=O)Nc1cccc(C(F)(F)F)c1. The molecular formula is C21H23F3N2O5S. The summed E-state index contributed by atoms with van der Waals surface area (Å²) in [6.45, 7) is 0. The van der Waals surface area contributed by atoms with Crippen LogP contribution in [0.1, 0.15) is 31.2 Å². The summed E-state index contributed by atoms with van der Waals surface area (Å²) in [5.41, 5.74) is -0.923. The number of hydrogen-bond acceptors (Lipinski definition) is 5. The number of methoxy groups -OCH3 is 1. The number of carbonyl (C=O) groups is 1. The van der Waals surface area contributed by atoms with E-state index in [9.17, 15) is 31.5 Å². The van der Waals surface area contributed by atoms with Gasteiger partial charge in [0.25, 0.3) is 10.0 Å². The summed E-state index contributed by atoms with van der Waals surface area (Å²) < 4.78 is 71.5. The maximum atomic E-state index is 12.9. The van der Waals surface area contributed by atoms with Crippen molar-refractivity contribution < 1.29 is 36.2 Å². The van der Waals surface area contributed by atoms with Crippen molar-refractivity contribution in [2.45, 2.75) is 42.9 Å². The third-order valence-electron chi connectivity index (χ3n) is 5.23. The van der Waals surface area contributed by atoms with Crippen molar-refractivity contribution in [2.24, 2.45) is 5.92 Å². The lowest BCUT2D eigenvalue weighted by molar-refractivity contribution is -0.137. The van der Waals surface area contributed by atoms with Crippen molar-refractivity contribution >= 4 is 27.3 Å². The number of rotatable bonds is 6. The first-order valence-corrected chi connectivity index (χ1v) is 11.3. The molecule has 0 heterocycles. The molecular weight excluding hydrogens is 449 g/mol. The number of sulfonamides is 1. The number of aliphatic hydroxyl groups excluding tert-OH is 1. The van der Waals surface area contributed by atoms with Crippen molar-refractivity contribution in [3.8, 4) is 5.75 Å². The fourth-order valence-electron chi connectivity index (χ4n) is 3.52. The lowest BCUT2D eigenvalue weighted by atomic mass is 9.87. The molecule has 3 N–H and O–H groups in total. The highest BCUT2D eigenvalue weighted by Crippen LogP contribution is 2.33. The van der Waals surface area contributed by atoms with Crippen LogP contribution in [0, 0.1) is 5.92 Å². The third kappa shape index (κ3) is 5.71. The van der Waals surface area contributed by atoms with Crippen LogP contribution in [0.2, 0.25) is 0 Å². The molecule has 0 unspecified atom stereocenters. The smallest absolute Gasteiger partial charge is 0.416 e. The van der Waals surface area contributed by atoms with Gasteiger partial charge in [0, 0.05) is 23.4 Å². The van der Waals surface area contributed by atoms with E-state index in [1.54, 1.807) is 0 Å². The van der Waals surface area contributed by atoms with E-state index in [0.29, 0.717) is 37.4 Å². The van der Waals surface area contributed by atoms with Gasteiger partial charge in [-0.15, -0.1) is 0 Å². The number of aliphatic hydroxyl groups is 1. The minimum Gasteiger partial charge on any atom is -0.495 e. The van der Waals surface area contributed by atoms with Crippen molar-refractivity contribution in [1.82, 2.24) is 0 Å². The zero-order chi connectivity index (χ0) is 23.5. The monoisotopic (exact) mass is 472 g/mol. The number of nitrogens with one attached hydrogen (secondary N) is 2. The van der Waals surface area contributed by atoms with Crippen molar-refractivity contribution in [1.29, 1.82) is 0 Å². The van der Waals surface area contributed by atoms with E-state index in [1.165, 1.54) is 31.4 Å². The number of anilines is 2. The molecule has 1 saturated carbocycles. The normalized spacial score (nSPS) is 19.3. The van der Waals surface area contributed by atoms with Crippen molar-refractivity contribution in [2.75, 3.05) is 17.1 Å². The third-order valence-corrected chi connectivity index (χ3v) is 6.65. The van der Waals surface area contributed by atoms with Crippen LogP contribution < -0.4 is 14.8 Å². The van der Waals surface area contributed by atoms with Crippen LogP contribution >= 0.6 is 0 Å². The lowest BCUT2D eigenvalue weighted by Gasteiger charge is -2.24. The van der Waals surface area contributed by atoms with Gasteiger partial charge in [-0.3, -0.25) is 9.52 Å². The molecule has 32 heavy (non-hydrogen) atoms. The zero-order valence-corrected chi connectivity index (χ0v) is 18.0. The van der Waals surface area contributed by atoms with Crippen molar-refractivity contribution in [3.63, 3.8) is 0 Å². The predicted molar refractivity (Wildman–Crippen MR) is 112 cm³/mol. The predicted octanol–water partition coefficient (Wildman–Crippen LogP) is 4.00. The van der Waals surface area contributed by atoms with Crippen LogP contribution in [-0.4, -0.2) is 32.6 Å². The molecule has 1 aliphatic carbocycles. The Balaban J connectivity index is 1.78. The molecule has 2 aromatic carbocycles. The molecule has 1 fully saturated rings. The van der Waals surface area contributed by atoms with Crippen LogP contribution in [0.25, 0.3) is 0 Å². The molecule has 3 rings (SSSR count). The molecule has 174 valence electrons. The van der Waals surface area contributed by atoms with Crippen LogP contribution in [0.3, 0.4) is 0 Å². The van der Waals surface area contributed by atoms with Gasteiger partial charge in [0.1, 0.15) is 10.6 Å². The number of benzene rings is 2. The van der Waals surface area contributed by atoms with Gasteiger partial charge in [-0.25, -0.2) is 8.42 Å². The second-order valence-corrected chi connectivity index (χ2v) is 9.20. The number of ether oxygens (including phenoxy) is 1. The van der Waals surface area contributed by atoms with Crippen LogP contribution in [-0.2, 0) is 21.0 Å². The highest BCUT2D eigenvalue weighted by atomic mass is 32.2. The van der Waals surface area contributed by atoms with Crippen LogP contribution in [0.15, 0.2) is 47.4 Å². The van der Waals surface area contributed by atoms with Gasteiger partial charge >= 0.3 is 6.18 Å². The summed E-state index contributed by atoms with van der Waals surface area (Å²) >= 11 is 0. The Morgan fingerprint density at radius 3 is 2.38 bits per heavy atom. The number of amides is 1. The van der Waals surface area contributed by atoms with Crippen molar-refractivity contribution in [3.05, 3.63) is 48.0 Å². The van der Waals surface area contributed by atoms with E-state index >= 15 is 0 Å². The van der Waals surface area contributed by atoms with Gasteiger partial charge in [0.2, 0.25) is 5.91 Å². The molecule has 0 bridgehead atoms. The highest BCUT2D eigenvalue weighted by Gasteiger charge is 2.31. The fourth-order valence-corrected chi connectivity index (χ4v) is 4.72. The Hall–Kier alpha value is -2.79. The molecule has 0 spiro atoms. The van der Waals surface area contributed by atoms with Gasteiger partial charge in [0.05, 0.1) is 18.8 Å². The zero-order valence-electron chi connectivity index (χ0n) is 17.1. The first-order valence-electron chi connectivity index (χ1n) is 9.86. The number of halogens is 3.